The molecule has 3 aromatic rings. The molecule has 1 heterocycles. The first-order chi connectivity index (χ1) is 14.0. The van der Waals surface area contributed by atoms with E-state index in [0.717, 1.165) is 22.7 Å². The zero-order valence-electron chi connectivity index (χ0n) is 16.7. The Kier molecular flexibility index (Phi) is 6.41. The summed E-state index contributed by atoms with van der Waals surface area (Å²) in [5, 5.41) is 6.07. The molecule has 150 valence electrons. The number of para-hydroxylation sites is 1. The number of nitrogens with two attached hydrogens (primary N) is 1. The van der Waals surface area contributed by atoms with E-state index in [2.05, 4.69) is 20.6 Å². The van der Waals surface area contributed by atoms with Crippen LogP contribution in [0.4, 0.5) is 17.2 Å². The minimum absolute atomic E-state index is 0.0751. The third kappa shape index (κ3) is 5.08. The summed E-state index contributed by atoms with van der Waals surface area (Å²) >= 11 is 0. The Morgan fingerprint density at radius 1 is 1.03 bits per heavy atom. The number of rotatable bonds is 7. The largest absolute Gasteiger partial charge is 0.496 e. The average molecular weight is 391 g/mol. The highest BCUT2D eigenvalue weighted by molar-refractivity contribution is 5.95. The summed E-state index contributed by atoms with van der Waals surface area (Å²) in [5.41, 5.74) is 9.04. The fourth-order valence-corrected chi connectivity index (χ4v) is 2.74. The first-order valence-corrected chi connectivity index (χ1v) is 9.37. The van der Waals surface area contributed by atoms with E-state index >= 15 is 0 Å². The van der Waals surface area contributed by atoms with E-state index in [1.807, 2.05) is 68.4 Å². The first-order valence-electron chi connectivity index (χ1n) is 9.37. The summed E-state index contributed by atoms with van der Waals surface area (Å²) in [6.45, 7) is 3.83. The van der Waals surface area contributed by atoms with E-state index in [-0.39, 0.29) is 11.8 Å². The molecule has 2 aromatic carbocycles. The van der Waals surface area contributed by atoms with E-state index in [9.17, 15) is 4.79 Å². The van der Waals surface area contributed by atoms with E-state index in [1.54, 1.807) is 7.11 Å². The molecule has 0 spiro atoms. The number of benzene rings is 2. The van der Waals surface area contributed by atoms with Crippen molar-refractivity contribution in [2.24, 2.45) is 11.7 Å². The Bertz CT molecular complexity index is 973. The van der Waals surface area contributed by atoms with E-state index in [0.29, 0.717) is 11.5 Å². The van der Waals surface area contributed by atoms with Crippen molar-refractivity contribution >= 4 is 23.1 Å². The van der Waals surface area contributed by atoms with Crippen LogP contribution in [0, 0.1) is 5.92 Å². The van der Waals surface area contributed by atoms with Gasteiger partial charge >= 0.3 is 0 Å². The van der Waals surface area contributed by atoms with Gasteiger partial charge < -0.3 is 21.1 Å². The lowest BCUT2D eigenvalue weighted by atomic mass is 10.0. The summed E-state index contributed by atoms with van der Waals surface area (Å²) in [4.78, 5) is 20.7. The molecular formula is C22H25N5O2. The second kappa shape index (κ2) is 9.16. The van der Waals surface area contributed by atoms with E-state index in [1.165, 1.54) is 6.33 Å². The minimum Gasteiger partial charge on any atom is -0.496 e. The molecule has 0 aliphatic heterocycles. The fourth-order valence-electron chi connectivity index (χ4n) is 2.74. The smallest absolute Gasteiger partial charge is 0.241 e. The Labute approximate surface area is 170 Å². The maximum absolute atomic E-state index is 12.1. The fraction of sp³-hybridized carbons (Fsp3) is 0.227. The second-order valence-electron chi connectivity index (χ2n) is 6.95. The van der Waals surface area contributed by atoms with Crippen molar-refractivity contribution in [2.45, 2.75) is 19.9 Å². The van der Waals surface area contributed by atoms with Crippen LogP contribution in [0.15, 0.2) is 60.9 Å². The van der Waals surface area contributed by atoms with E-state index in [4.69, 9.17) is 10.5 Å². The molecular weight excluding hydrogens is 366 g/mol. The number of nitrogens with zero attached hydrogens (tertiary/aromatic N) is 2. The molecule has 0 aliphatic rings. The van der Waals surface area contributed by atoms with Gasteiger partial charge in [0.2, 0.25) is 5.91 Å². The maximum atomic E-state index is 12.1. The van der Waals surface area contributed by atoms with Crippen LogP contribution in [0.5, 0.6) is 5.75 Å². The van der Waals surface area contributed by atoms with Gasteiger partial charge in [0.25, 0.3) is 0 Å². The van der Waals surface area contributed by atoms with Crippen molar-refractivity contribution in [1.29, 1.82) is 0 Å². The number of aromatic nitrogens is 2. The van der Waals surface area contributed by atoms with Gasteiger partial charge in [-0.1, -0.05) is 26.0 Å². The Morgan fingerprint density at radius 3 is 2.41 bits per heavy atom. The lowest BCUT2D eigenvalue weighted by Gasteiger charge is -2.15. The van der Waals surface area contributed by atoms with Gasteiger partial charge in [-0.15, -0.1) is 0 Å². The lowest BCUT2D eigenvalue weighted by molar-refractivity contribution is -0.118. The summed E-state index contributed by atoms with van der Waals surface area (Å²) in [6.07, 6.45) is 1.51. The van der Waals surface area contributed by atoms with Crippen LogP contribution in [0.25, 0.3) is 11.3 Å². The monoisotopic (exact) mass is 391 g/mol. The number of amides is 1. The Morgan fingerprint density at radius 2 is 1.72 bits per heavy atom. The van der Waals surface area contributed by atoms with Crippen molar-refractivity contribution < 1.29 is 9.53 Å². The molecule has 1 atom stereocenters. The highest BCUT2D eigenvalue weighted by atomic mass is 16.5. The van der Waals surface area contributed by atoms with Gasteiger partial charge in [0.05, 0.1) is 18.8 Å². The number of anilines is 3. The van der Waals surface area contributed by atoms with Crippen LogP contribution >= 0.6 is 0 Å². The highest BCUT2D eigenvalue weighted by Gasteiger charge is 2.17. The van der Waals surface area contributed by atoms with Crippen molar-refractivity contribution in [1.82, 2.24) is 9.97 Å². The second-order valence-corrected chi connectivity index (χ2v) is 6.95. The predicted molar refractivity (Wildman–Crippen MR) is 115 cm³/mol. The van der Waals surface area contributed by atoms with Crippen LogP contribution in [0.3, 0.4) is 0 Å². The molecule has 0 aliphatic carbocycles. The van der Waals surface area contributed by atoms with Crippen LogP contribution < -0.4 is 21.1 Å². The van der Waals surface area contributed by atoms with Crippen molar-refractivity contribution in [2.75, 3.05) is 17.7 Å². The van der Waals surface area contributed by atoms with Crippen molar-refractivity contribution in [3.8, 4) is 17.0 Å². The van der Waals surface area contributed by atoms with Crippen LogP contribution in [0.2, 0.25) is 0 Å². The summed E-state index contributed by atoms with van der Waals surface area (Å²) in [5.74, 6) is 1.28. The standard InChI is InChI=1S/C22H25N5O2/c1-14(2)21(23)22(28)27-16-10-8-15(9-11-16)26-20-12-18(24-13-25-20)17-6-4-5-7-19(17)29-3/h4-14,21H,23H2,1-3H3,(H,27,28)(H,24,25,26). The molecule has 1 unspecified atom stereocenters. The summed E-state index contributed by atoms with van der Waals surface area (Å²) < 4.78 is 5.41. The van der Waals surface area contributed by atoms with Gasteiger partial charge in [-0.25, -0.2) is 9.97 Å². The molecule has 7 heteroatoms. The number of nitrogens with one attached hydrogen (secondary N) is 2. The number of ether oxygens (including phenoxy) is 1. The third-order valence-electron chi connectivity index (χ3n) is 4.50. The molecule has 1 aromatic heterocycles. The van der Waals surface area contributed by atoms with Gasteiger partial charge in [-0.2, -0.15) is 0 Å². The molecule has 0 fully saturated rings. The number of methoxy groups -OCH3 is 1. The van der Waals surface area contributed by atoms with Crippen LogP contribution in [-0.4, -0.2) is 29.0 Å². The normalized spacial score (nSPS) is 11.8. The number of carbonyl (C=O) groups is 1. The third-order valence-corrected chi connectivity index (χ3v) is 4.50. The zero-order chi connectivity index (χ0) is 20.8. The highest BCUT2D eigenvalue weighted by Crippen LogP contribution is 2.29. The maximum Gasteiger partial charge on any atom is 0.241 e. The topological polar surface area (TPSA) is 102 Å². The number of carbonyl (C=O) groups excluding carboxylic acids is 1. The van der Waals surface area contributed by atoms with E-state index < -0.39 is 6.04 Å². The van der Waals surface area contributed by atoms with Crippen LogP contribution in [-0.2, 0) is 4.79 Å². The Hall–Kier alpha value is -3.45. The van der Waals surface area contributed by atoms with Gasteiger partial charge in [-0.3, -0.25) is 4.79 Å². The average Bonchev–Trinajstić information content (AvgIpc) is 2.74. The predicted octanol–water partition coefficient (Wildman–Crippen LogP) is 3.82. The Balaban J connectivity index is 1.72. The molecule has 7 nitrogen and oxygen atoms in total. The molecule has 0 saturated heterocycles. The summed E-state index contributed by atoms with van der Waals surface area (Å²) in [6, 6.07) is 16.4. The lowest BCUT2D eigenvalue weighted by Crippen LogP contribution is -2.39. The van der Waals surface area contributed by atoms with Gasteiger partial charge in [0.1, 0.15) is 17.9 Å². The quantitative estimate of drug-likeness (QED) is 0.566. The molecule has 0 bridgehead atoms. The van der Waals surface area contributed by atoms with Gasteiger partial charge in [-0.05, 0) is 42.3 Å². The van der Waals surface area contributed by atoms with Crippen molar-refractivity contribution in [3.63, 3.8) is 0 Å². The van der Waals surface area contributed by atoms with Gasteiger partial charge in [0, 0.05) is 23.0 Å². The minimum atomic E-state index is -0.540. The molecule has 0 saturated carbocycles. The zero-order valence-corrected chi connectivity index (χ0v) is 16.7. The summed E-state index contributed by atoms with van der Waals surface area (Å²) in [7, 11) is 1.63. The molecule has 3 rings (SSSR count). The SMILES string of the molecule is COc1ccccc1-c1cc(Nc2ccc(NC(=O)C(N)C(C)C)cc2)ncn1. The molecule has 0 radical (unpaired) electrons. The number of hydrogen-bond acceptors (Lipinski definition) is 6. The molecule has 1 amide bonds. The van der Waals surface area contributed by atoms with Gasteiger partial charge in [0.15, 0.2) is 0 Å². The molecule has 29 heavy (non-hydrogen) atoms. The van der Waals surface area contributed by atoms with Crippen molar-refractivity contribution in [3.05, 3.63) is 60.9 Å². The molecule has 4 N–H and O–H groups in total. The van der Waals surface area contributed by atoms with Crippen LogP contribution in [0.1, 0.15) is 13.8 Å². The first kappa shape index (κ1) is 20.3. The number of hydrogen-bond donors (Lipinski definition) is 3.